The number of nitrogens with zero attached hydrogens (tertiary/aromatic N) is 2. The standard InChI is InChI=1S/C19H16N4O/c1-24-15-6-2-4-13(10-15)16-12-22-17-7-9-21-19(18(16)17)23-14-5-3-8-20-11-14/h2-12,22H,1H3,(H,21,23). The molecule has 0 atom stereocenters. The van der Waals surface area contributed by atoms with Gasteiger partial charge in [-0.3, -0.25) is 4.98 Å². The van der Waals surface area contributed by atoms with Gasteiger partial charge in [0.05, 0.1) is 29.9 Å². The zero-order valence-corrected chi connectivity index (χ0v) is 13.2. The third-order valence-corrected chi connectivity index (χ3v) is 3.90. The van der Waals surface area contributed by atoms with Crippen molar-refractivity contribution < 1.29 is 4.74 Å². The van der Waals surface area contributed by atoms with Crippen LogP contribution in [0.3, 0.4) is 0 Å². The van der Waals surface area contributed by atoms with Gasteiger partial charge in [0.1, 0.15) is 11.6 Å². The Morgan fingerprint density at radius 2 is 2.04 bits per heavy atom. The molecule has 0 amide bonds. The molecule has 0 saturated carbocycles. The molecule has 4 aromatic rings. The number of nitrogens with one attached hydrogen (secondary N) is 2. The summed E-state index contributed by atoms with van der Waals surface area (Å²) >= 11 is 0. The molecule has 1 aromatic carbocycles. The summed E-state index contributed by atoms with van der Waals surface area (Å²) in [4.78, 5) is 12.0. The topological polar surface area (TPSA) is 62.8 Å². The molecule has 2 N–H and O–H groups in total. The lowest BCUT2D eigenvalue weighted by molar-refractivity contribution is 0.415. The van der Waals surface area contributed by atoms with E-state index in [1.807, 2.05) is 42.6 Å². The maximum absolute atomic E-state index is 5.34. The minimum Gasteiger partial charge on any atom is -0.497 e. The van der Waals surface area contributed by atoms with Crippen LogP contribution in [0.1, 0.15) is 0 Å². The summed E-state index contributed by atoms with van der Waals surface area (Å²) in [7, 11) is 1.67. The van der Waals surface area contributed by atoms with E-state index >= 15 is 0 Å². The fourth-order valence-electron chi connectivity index (χ4n) is 2.76. The minimum absolute atomic E-state index is 0.791. The molecule has 0 aliphatic carbocycles. The molecule has 0 aliphatic heterocycles. The quantitative estimate of drug-likeness (QED) is 0.586. The summed E-state index contributed by atoms with van der Waals surface area (Å²) < 4.78 is 5.34. The van der Waals surface area contributed by atoms with Crippen LogP contribution in [0.2, 0.25) is 0 Å². The summed E-state index contributed by atoms with van der Waals surface area (Å²) in [5, 5.41) is 4.38. The highest BCUT2D eigenvalue weighted by Crippen LogP contribution is 2.35. The number of fused-ring (bicyclic) bond motifs is 1. The van der Waals surface area contributed by atoms with Gasteiger partial charge in [-0.05, 0) is 35.9 Å². The number of aromatic nitrogens is 3. The van der Waals surface area contributed by atoms with Crippen molar-refractivity contribution >= 4 is 22.4 Å². The Morgan fingerprint density at radius 1 is 1.08 bits per heavy atom. The smallest absolute Gasteiger partial charge is 0.140 e. The number of benzene rings is 1. The van der Waals surface area contributed by atoms with E-state index in [-0.39, 0.29) is 0 Å². The molecule has 3 heterocycles. The Hall–Kier alpha value is -3.34. The van der Waals surface area contributed by atoms with E-state index in [0.717, 1.165) is 39.3 Å². The van der Waals surface area contributed by atoms with Crippen LogP contribution in [0.25, 0.3) is 22.0 Å². The Kier molecular flexibility index (Phi) is 3.59. The number of hydrogen-bond donors (Lipinski definition) is 2. The number of H-pyrrole nitrogens is 1. The molecule has 0 radical (unpaired) electrons. The second-order valence-corrected chi connectivity index (χ2v) is 5.38. The van der Waals surface area contributed by atoms with E-state index in [1.54, 1.807) is 25.7 Å². The predicted octanol–water partition coefficient (Wildman–Crippen LogP) is 4.38. The lowest BCUT2D eigenvalue weighted by Crippen LogP contribution is -1.94. The van der Waals surface area contributed by atoms with E-state index in [9.17, 15) is 0 Å². The van der Waals surface area contributed by atoms with Crippen LogP contribution in [0.4, 0.5) is 11.5 Å². The first-order chi connectivity index (χ1) is 11.8. The minimum atomic E-state index is 0.791. The first-order valence-corrected chi connectivity index (χ1v) is 7.63. The van der Waals surface area contributed by atoms with Gasteiger partial charge in [-0.15, -0.1) is 0 Å². The normalized spacial score (nSPS) is 10.7. The van der Waals surface area contributed by atoms with Crippen molar-refractivity contribution in [2.75, 3.05) is 12.4 Å². The average molecular weight is 316 g/mol. The van der Waals surface area contributed by atoms with Crippen molar-refractivity contribution in [2.45, 2.75) is 0 Å². The van der Waals surface area contributed by atoms with Gasteiger partial charge >= 0.3 is 0 Å². The molecule has 4 rings (SSSR count). The highest BCUT2D eigenvalue weighted by Gasteiger charge is 2.12. The van der Waals surface area contributed by atoms with Crippen LogP contribution < -0.4 is 10.1 Å². The first kappa shape index (κ1) is 14.3. The largest absolute Gasteiger partial charge is 0.497 e. The Bertz CT molecular complexity index is 979. The second-order valence-electron chi connectivity index (χ2n) is 5.38. The number of pyridine rings is 2. The molecule has 0 bridgehead atoms. The molecule has 24 heavy (non-hydrogen) atoms. The molecule has 0 aliphatic rings. The van der Waals surface area contributed by atoms with Crippen LogP contribution in [-0.2, 0) is 0 Å². The Labute approximate surface area is 139 Å². The molecular formula is C19H16N4O. The second kappa shape index (κ2) is 6.04. The fourth-order valence-corrected chi connectivity index (χ4v) is 2.76. The highest BCUT2D eigenvalue weighted by atomic mass is 16.5. The lowest BCUT2D eigenvalue weighted by Gasteiger charge is -2.09. The monoisotopic (exact) mass is 316 g/mol. The highest BCUT2D eigenvalue weighted by molar-refractivity contribution is 6.03. The number of anilines is 2. The van der Waals surface area contributed by atoms with Crippen molar-refractivity contribution in [1.29, 1.82) is 0 Å². The summed E-state index contributed by atoms with van der Waals surface area (Å²) in [6.07, 6.45) is 7.30. The number of hydrogen-bond acceptors (Lipinski definition) is 4. The molecule has 0 saturated heterocycles. The van der Waals surface area contributed by atoms with Crippen molar-refractivity contribution in [3.8, 4) is 16.9 Å². The van der Waals surface area contributed by atoms with Gasteiger partial charge in [0.15, 0.2) is 0 Å². The van der Waals surface area contributed by atoms with E-state index in [2.05, 4.69) is 26.3 Å². The molecule has 0 fully saturated rings. The molecule has 5 nitrogen and oxygen atoms in total. The number of rotatable bonds is 4. The molecule has 0 spiro atoms. The molecule has 118 valence electrons. The first-order valence-electron chi connectivity index (χ1n) is 7.63. The van der Waals surface area contributed by atoms with Crippen LogP contribution in [-0.4, -0.2) is 22.1 Å². The zero-order chi connectivity index (χ0) is 16.4. The molecular weight excluding hydrogens is 300 g/mol. The number of ether oxygens (including phenoxy) is 1. The molecule has 0 unspecified atom stereocenters. The van der Waals surface area contributed by atoms with Gasteiger partial charge in [-0.25, -0.2) is 4.98 Å². The van der Waals surface area contributed by atoms with Gasteiger partial charge in [0, 0.05) is 24.2 Å². The van der Waals surface area contributed by atoms with Gasteiger partial charge in [-0.2, -0.15) is 0 Å². The third kappa shape index (κ3) is 2.56. The van der Waals surface area contributed by atoms with E-state index in [4.69, 9.17) is 4.74 Å². The van der Waals surface area contributed by atoms with Crippen LogP contribution in [0, 0.1) is 0 Å². The van der Waals surface area contributed by atoms with Gasteiger partial charge in [-0.1, -0.05) is 12.1 Å². The Morgan fingerprint density at radius 3 is 2.88 bits per heavy atom. The average Bonchev–Trinajstić information content (AvgIpc) is 3.08. The lowest BCUT2D eigenvalue weighted by atomic mass is 10.0. The SMILES string of the molecule is COc1cccc(-c2c[nH]c3ccnc(Nc4cccnc4)c23)c1. The number of aromatic amines is 1. The Balaban J connectivity index is 1.85. The maximum Gasteiger partial charge on any atom is 0.140 e. The van der Waals surface area contributed by atoms with Crippen molar-refractivity contribution in [3.05, 3.63) is 67.3 Å². The predicted molar refractivity (Wildman–Crippen MR) is 95.6 cm³/mol. The van der Waals surface area contributed by atoms with Crippen molar-refractivity contribution in [2.24, 2.45) is 0 Å². The van der Waals surface area contributed by atoms with Crippen molar-refractivity contribution in [1.82, 2.24) is 15.0 Å². The summed E-state index contributed by atoms with van der Waals surface area (Å²) in [5.74, 6) is 1.62. The summed E-state index contributed by atoms with van der Waals surface area (Å²) in [5.41, 5.74) is 4.07. The van der Waals surface area contributed by atoms with E-state index in [0.29, 0.717) is 0 Å². The zero-order valence-electron chi connectivity index (χ0n) is 13.2. The van der Waals surface area contributed by atoms with Crippen LogP contribution in [0.15, 0.2) is 67.3 Å². The van der Waals surface area contributed by atoms with E-state index < -0.39 is 0 Å². The fraction of sp³-hybridized carbons (Fsp3) is 0.0526. The van der Waals surface area contributed by atoms with Crippen LogP contribution >= 0.6 is 0 Å². The van der Waals surface area contributed by atoms with Crippen LogP contribution in [0.5, 0.6) is 5.75 Å². The third-order valence-electron chi connectivity index (χ3n) is 3.90. The molecule has 3 aromatic heterocycles. The number of methoxy groups -OCH3 is 1. The maximum atomic E-state index is 5.34. The summed E-state index contributed by atoms with van der Waals surface area (Å²) in [6, 6.07) is 13.8. The van der Waals surface area contributed by atoms with Gasteiger partial charge in [0.2, 0.25) is 0 Å². The molecule has 5 heteroatoms. The van der Waals surface area contributed by atoms with Crippen molar-refractivity contribution in [3.63, 3.8) is 0 Å². The van der Waals surface area contributed by atoms with Gasteiger partial charge < -0.3 is 15.0 Å². The van der Waals surface area contributed by atoms with Gasteiger partial charge in [0.25, 0.3) is 0 Å². The summed E-state index contributed by atoms with van der Waals surface area (Å²) in [6.45, 7) is 0. The van der Waals surface area contributed by atoms with E-state index in [1.165, 1.54) is 0 Å².